The molecule has 0 aliphatic carbocycles. The second kappa shape index (κ2) is 7.18. The highest BCUT2D eigenvalue weighted by Gasteiger charge is 2.20. The monoisotopic (exact) mass is 363 g/mol. The number of nitrogens with zero attached hydrogens (tertiary/aromatic N) is 2. The van der Waals surface area contributed by atoms with Gasteiger partial charge in [-0.1, -0.05) is 41.9 Å². The van der Waals surface area contributed by atoms with Gasteiger partial charge in [0, 0.05) is 35.7 Å². The highest BCUT2D eigenvalue weighted by atomic mass is 35.5. The largest absolute Gasteiger partial charge is 0.347 e. The van der Waals surface area contributed by atoms with Gasteiger partial charge in [0.25, 0.3) is 5.91 Å². The van der Waals surface area contributed by atoms with Gasteiger partial charge in [-0.2, -0.15) is 0 Å². The third-order valence-electron chi connectivity index (χ3n) is 4.54. The number of aromatic nitrogens is 1. The number of para-hydroxylation sites is 1. The first kappa shape index (κ1) is 16.6. The summed E-state index contributed by atoms with van der Waals surface area (Å²) < 4.78 is 0. The van der Waals surface area contributed by atoms with Gasteiger partial charge in [0.05, 0.1) is 0 Å². The maximum Gasteiger partial charge on any atom is 0.270 e. The zero-order valence-corrected chi connectivity index (χ0v) is 14.9. The summed E-state index contributed by atoms with van der Waals surface area (Å²) in [5.41, 5.74) is 4.93. The van der Waals surface area contributed by atoms with Crippen LogP contribution >= 0.6 is 11.6 Å². The molecular weight excluding hydrogens is 346 g/mol. The predicted molar refractivity (Wildman–Crippen MR) is 104 cm³/mol. The minimum Gasteiger partial charge on any atom is -0.347 e. The molecule has 4 rings (SSSR count). The molecule has 1 aromatic heterocycles. The van der Waals surface area contributed by atoms with E-state index in [1.807, 2.05) is 42.5 Å². The quantitative estimate of drug-likeness (QED) is 0.749. The lowest BCUT2D eigenvalue weighted by molar-refractivity contribution is 0.0946. The van der Waals surface area contributed by atoms with Crippen LogP contribution in [0.1, 0.15) is 21.6 Å². The number of anilines is 2. The number of halogens is 1. The van der Waals surface area contributed by atoms with E-state index >= 15 is 0 Å². The van der Waals surface area contributed by atoms with E-state index in [4.69, 9.17) is 11.6 Å². The van der Waals surface area contributed by atoms with Crippen LogP contribution in [0.4, 0.5) is 11.4 Å². The number of nitrogens with one attached hydrogen (secondary N) is 1. The molecule has 1 aliphatic heterocycles. The van der Waals surface area contributed by atoms with Crippen LogP contribution in [0.15, 0.2) is 66.9 Å². The van der Waals surface area contributed by atoms with Crippen LogP contribution < -0.4 is 10.2 Å². The number of hydrogen-bond acceptors (Lipinski definition) is 3. The SMILES string of the molecule is O=C(NCc1ccc(Cl)cc1)c1cc(N2CCc3ccccc32)ccn1. The maximum absolute atomic E-state index is 12.5. The van der Waals surface area contributed by atoms with Gasteiger partial charge >= 0.3 is 0 Å². The average molecular weight is 364 g/mol. The number of carbonyl (C=O) groups is 1. The average Bonchev–Trinajstić information content (AvgIpc) is 3.11. The minimum absolute atomic E-state index is 0.186. The summed E-state index contributed by atoms with van der Waals surface area (Å²) in [5.74, 6) is -0.186. The van der Waals surface area contributed by atoms with Gasteiger partial charge in [-0.05, 0) is 47.9 Å². The van der Waals surface area contributed by atoms with Crippen molar-refractivity contribution in [3.8, 4) is 0 Å². The van der Waals surface area contributed by atoms with Crippen LogP contribution in [-0.4, -0.2) is 17.4 Å². The van der Waals surface area contributed by atoms with E-state index in [2.05, 4.69) is 33.4 Å². The fraction of sp³-hybridized carbons (Fsp3) is 0.143. The molecule has 0 fully saturated rings. The second-order valence-electron chi connectivity index (χ2n) is 6.24. The van der Waals surface area contributed by atoms with Gasteiger partial charge in [-0.3, -0.25) is 9.78 Å². The molecule has 26 heavy (non-hydrogen) atoms. The molecule has 1 N–H and O–H groups in total. The van der Waals surface area contributed by atoms with Crippen molar-refractivity contribution in [1.82, 2.24) is 10.3 Å². The van der Waals surface area contributed by atoms with Gasteiger partial charge in [-0.25, -0.2) is 0 Å². The van der Waals surface area contributed by atoms with Gasteiger partial charge < -0.3 is 10.2 Å². The zero-order valence-electron chi connectivity index (χ0n) is 14.2. The van der Waals surface area contributed by atoms with Crippen molar-refractivity contribution in [2.45, 2.75) is 13.0 Å². The Bertz CT molecular complexity index is 940. The maximum atomic E-state index is 12.5. The first-order valence-electron chi connectivity index (χ1n) is 8.55. The molecular formula is C21H18ClN3O. The predicted octanol–water partition coefficient (Wildman–Crippen LogP) is 4.36. The lowest BCUT2D eigenvalue weighted by Gasteiger charge is -2.19. The number of rotatable bonds is 4. The minimum atomic E-state index is -0.186. The molecule has 1 aliphatic rings. The Morgan fingerprint density at radius 2 is 1.92 bits per heavy atom. The van der Waals surface area contributed by atoms with Crippen LogP contribution in [0.5, 0.6) is 0 Å². The Kier molecular flexibility index (Phi) is 4.59. The van der Waals surface area contributed by atoms with E-state index in [-0.39, 0.29) is 5.91 Å². The van der Waals surface area contributed by atoms with E-state index in [1.165, 1.54) is 11.3 Å². The standard InChI is InChI=1S/C21H18ClN3O/c22-17-7-5-15(6-8-17)14-24-21(26)19-13-18(9-11-23-19)25-12-10-16-3-1-2-4-20(16)25/h1-9,11,13H,10,12,14H2,(H,24,26). The molecule has 0 radical (unpaired) electrons. The molecule has 5 heteroatoms. The molecule has 0 spiro atoms. The summed E-state index contributed by atoms with van der Waals surface area (Å²) >= 11 is 5.88. The molecule has 0 atom stereocenters. The van der Waals surface area contributed by atoms with Crippen LogP contribution in [-0.2, 0) is 13.0 Å². The number of hydrogen-bond donors (Lipinski definition) is 1. The lowest BCUT2D eigenvalue weighted by Crippen LogP contribution is -2.24. The summed E-state index contributed by atoms with van der Waals surface area (Å²) in [4.78, 5) is 18.9. The van der Waals surface area contributed by atoms with E-state index in [0.717, 1.165) is 24.2 Å². The molecule has 4 nitrogen and oxygen atoms in total. The Balaban J connectivity index is 1.49. The number of carbonyl (C=O) groups excluding carboxylic acids is 1. The smallest absolute Gasteiger partial charge is 0.270 e. The normalized spacial score (nSPS) is 12.7. The molecule has 2 heterocycles. The Labute approximate surface area is 157 Å². The molecule has 0 saturated carbocycles. The van der Waals surface area contributed by atoms with Gasteiger partial charge in [0.2, 0.25) is 0 Å². The Hall–Kier alpha value is -2.85. The number of benzene rings is 2. The van der Waals surface area contributed by atoms with Crippen LogP contribution in [0.25, 0.3) is 0 Å². The highest BCUT2D eigenvalue weighted by molar-refractivity contribution is 6.30. The van der Waals surface area contributed by atoms with E-state index in [1.54, 1.807) is 6.20 Å². The summed E-state index contributed by atoms with van der Waals surface area (Å²) in [6.45, 7) is 1.35. The fourth-order valence-electron chi connectivity index (χ4n) is 3.19. The number of pyridine rings is 1. The van der Waals surface area contributed by atoms with Crippen LogP contribution in [0, 0.1) is 0 Å². The van der Waals surface area contributed by atoms with Crippen molar-refractivity contribution in [1.29, 1.82) is 0 Å². The summed E-state index contributed by atoms with van der Waals surface area (Å²) in [6, 6.07) is 19.6. The molecule has 1 amide bonds. The zero-order chi connectivity index (χ0) is 17.9. The van der Waals surface area contributed by atoms with Crippen molar-refractivity contribution in [3.63, 3.8) is 0 Å². The number of fused-ring (bicyclic) bond motifs is 1. The molecule has 130 valence electrons. The summed E-state index contributed by atoms with van der Waals surface area (Å²) in [7, 11) is 0. The third kappa shape index (κ3) is 3.41. The summed E-state index contributed by atoms with van der Waals surface area (Å²) in [5, 5.41) is 3.59. The summed E-state index contributed by atoms with van der Waals surface area (Å²) in [6.07, 6.45) is 2.70. The number of amides is 1. The van der Waals surface area contributed by atoms with Gasteiger partial charge in [0.15, 0.2) is 0 Å². The molecule has 0 bridgehead atoms. The van der Waals surface area contributed by atoms with Crippen LogP contribution in [0.2, 0.25) is 5.02 Å². The Morgan fingerprint density at radius 1 is 1.12 bits per heavy atom. The first-order valence-corrected chi connectivity index (χ1v) is 8.93. The van der Waals surface area contributed by atoms with Crippen molar-refractivity contribution in [3.05, 3.63) is 88.7 Å². The first-order chi connectivity index (χ1) is 12.7. The topological polar surface area (TPSA) is 45.2 Å². The highest BCUT2D eigenvalue weighted by Crippen LogP contribution is 2.34. The molecule has 0 unspecified atom stereocenters. The molecule has 2 aromatic carbocycles. The van der Waals surface area contributed by atoms with Crippen molar-refractivity contribution in [2.75, 3.05) is 11.4 Å². The van der Waals surface area contributed by atoms with E-state index in [0.29, 0.717) is 17.3 Å². The van der Waals surface area contributed by atoms with Gasteiger partial charge in [0.1, 0.15) is 5.69 Å². The van der Waals surface area contributed by atoms with Gasteiger partial charge in [-0.15, -0.1) is 0 Å². The van der Waals surface area contributed by atoms with Crippen molar-refractivity contribution < 1.29 is 4.79 Å². The molecule has 3 aromatic rings. The van der Waals surface area contributed by atoms with E-state index in [9.17, 15) is 4.79 Å². The fourth-order valence-corrected chi connectivity index (χ4v) is 3.32. The van der Waals surface area contributed by atoms with Crippen molar-refractivity contribution >= 4 is 28.9 Å². The third-order valence-corrected chi connectivity index (χ3v) is 4.79. The van der Waals surface area contributed by atoms with Crippen LogP contribution in [0.3, 0.4) is 0 Å². The van der Waals surface area contributed by atoms with E-state index < -0.39 is 0 Å². The Morgan fingerprint density at radius 3 is 2.77 bits per heavy atom. The second-order valence-corrected chi connectivity index (χ2v) is 6.68. The lowest BCUT2D eigenvalue weighted by atomic mass is 10.2. The van der Waals surface area contributed by atoms with Crippen molar-refractivity contribution in [2.24, 2.45) is 0 Å². The molecule has 0 saturated heterocycles.